The van der Waals surface area contributed by atoms with Gasteiger partial charge in [-0.25, -0.2) is 4.79 Å². The number of para-hydroxylation sites is 2. The van der Waals surface area contributed by atoms with Gasteiger partial charge in [-0.15, -0.1) is 5.06 Å². The lowest BCUT2D eigenvalue weighted by atomic mass is 10.1. The van der Waals surface area contributed by atoms with E-state index in [9.17, 15) is 9.59 Å². The summed E-state index contributed by atoms with van der Waals surface area (Å²) < 4.78 is 5.56. The number of anilines is 1. The van der Waals surface area contributed by atoms with E-state index < -0.39 is 17.9 Å². The van der Waals surface area contributed by atoms with Gasteiger partial charge in [-0.1, -0.05) is 36.4 Å². The molecule has 1 atom stereocenters. The summed E-state index contributed by atoms with van der Waals surface area (Å²) in [5.41, 5.74) is 3.06. The Morgan fingerprint density at radius 3 is 2.35 bits per heavy atom. The second kappa shape index (κ2) is 9.14. The molecule has 1 aromatic heterocycles. The van der Waals surface area contributed by atoms with Gasteiger partial charge in [0, 0.05) is 29.9 Å². The normalized spacial score (nSPS) is 15.5. The fourth-order valence-corrected chi connectivity index (χ4v) is 3.67. The number of fused-ring (bicyclic) bond motifs is 1. The van der Waals surface area contributed by atoms with Crippen molar-refractivity contribution in [2.24, 2.45) is 0 Å². The first-order chi connectivity index (χ1) is 15.0. The molecule has 1 aliphatic rings. The zero-order valence-electron chi connectivity index (χ0n) is 17.7. The van der Waals surface area contributed by atoms with Crippen LogP contribution in [0.25, 0.3) is 10.9 Å². The van der Waals surface area contributed by atoms with Crippen molar-refractivity contribution < 1.29 is 19.2 Å². The van der Waals surface area contributed by atoms with Crippen molar-refractivity contribution in [2.45, 2.75) is 20.0 Å². The fourth-order valence-electron chi connectivity index (χ4n) is 3.67. The number of aryl methyl sites for hydroxylation is 1. The van der Waals surface area contributed by atoms with Crippen LogP contribution in [0.15, 0.2) is 60.7 Å². The predicted octanol–water partition coefficient (Wildman–Crippen LogP) is 3.16. The Labute approximate surface area is 181 Å². The molecule has 2 aromatic carbocycles. The average molecular weight is 419 g/mol. The summed E-state index contributed by atoms with van der Waals surface area (Å²) in [6.45, 7) is 5.73. The summed E-state index contributed by atoms with van der Waals surface area (Å²) in [6.07, 6.45) is -1.28. The summed E-state index contributed by atoms with van der Waals surface area (Å²) in [5, 5.41) is 2.70. The third kappa shape index (κ3) is 4.83. The van der Waals surface area contributed by atoms with Crippen LogP contribution in [0.2, 0.25) is 0 Å². The van der Waals surface area contributed by atoms with Gasteiger partial charge in [-0.05, 0) is 38.1 Å². The highest BCUT2D eigenvalue weighted by Crippen LogP contribution is 2.27. The molecule has 1 fully saturated rings. The third-order valence-corrected chi connectivity index (χ3v) is 5.20. The first-order valence-electron chi connectivity index (χ1n) is 10.3. The minimum atomic E-state index is -1.28. The number of pyridine rings is 1. The molecule has 160 valence electrons. The molecule has 1 unspecified atom stereocenters. The quantitative estimate of drug-likeness (QED) is 0.568. The Kier molecular flexibility index (Phi) is 6.13. The first kappa shape index (κ1) is 20.8. The maximum atomic E-state index is 12.6. The lowest BCUT2D eigenvalue weighted by Crippen LogP contribution is -2.49. The van der Waals surface area contributed by atoms with E-state index in [1.165, 1.54) is 6.92 Å². The van der Waals surface area contributed by atoms with Gasteiger partial charge in [-0.3, -0.25) is 9.78 Å². The minimum absolute atomic E-state index is 0.397. The van der Waals surface area contributed by atoms with Gasteiger partial charge in [-0.2, -0.15) is 0 Å². The number of benzene rings is 2. The standard InChI is InChI=1S/C24H25N3O4/c1-17-16-22(20-10-6-7-11-21(20)25-17)26-12-14-27(15-13-26)31-24(29)23(18(2)28)30-19-8-4-3-5-9-19/h3-11,16,23H,12-15H2,1-2H3. The molecular weight excluding hydrogens is 394 g/mol. The molecule has 4 rings (SSSR count). The molecule has 1 aliphatic heterocycles. The van der Waals surface area contributed by atoms with E-state index >= 15 is 0 Å². The molecule has 1 saturated heterocycles. The molecule has 2 heterocycles. The monoisotopic (exact) mass is 419 g/mol. The smallest absolute Gasteiger partial charge is 0.374 e. The van der Waals surface area contributed by atoms with Gasteiger partial charge in [0.05, 0.1) is 18.6 Å². The van der Waals surface area contributed by atoms with Crippen LogP contribution in [0, 0.1) is 6.92 Å². The van der Waals surface area contributed by atoms with Crippen LogP contribution in [0.4, 0.5) is 5.69 Å². The number of hydrogen-bond donors (Lipinski definition) is 0. The highest BCUT2D eigenvalue weighted by Gasteiger charge is 2.31. The summed E-state index contributed by atoms with van der Waals surface area (Å²) in [6, 6.07) is 19.0. The van der Waals surface area contributed by atoms with E-state index in [-0.39, 0.29) is 0 Å². The van der Waals surface area contributed by atoms with Gasteiger partial charge in [0.2, 0.25) is 0 Å². The van der Waals surface area contributed by atoms with E-state index in [0.29, 0.717) is 31.9 Å². The molecule has 3 aromatic rings. The second-order valence-corrected chi connectivity index (χ2v) is 7.55. The number of hydrogen-bond acceptors (Lipinski definition) is 7. The Morgan fingerprint density at radius 1 is 0.968 bits per heavy atom. The van der Waals surface area contributed by atoms with Crippen LogP contribution in [0.5, 0.6) is 5.75 Å². The Morgan fingerprint density at radius 2 is 1.65 bits per heavy atom. The molecule has 7 heteroatoms. The number of hydroxylamine groups is 2. The van der Waals surface area contributed by atoms with E-state index in [2.05, 4.69) is 22.0 Å². The Hall–Kier alpha value is -3.45. The number of carbonyl (C=O) groups excluding carboxylic acids is 2. The zero-order valence-corrected chi connectivity index (χ0v) is 17.7. The minimum Gasteiger partial charge on any atom is -0.471 e. The van der Waals surface area contributed by atoms with E-state index in [4.69, 9.17) is 9.57 Å². The second-order valence-electron chi connectivity index (χ2n) is 7.55. The number of ether oxygens (including phenoxy) is 1. The van der Waals surface area contributed by atoms with Gasteiger partial charge >= 0.3 is 5.97 Å². The Bertz CT molecular complexity index is 1080. The lowest BCUT2D eigenvalue weighted by Gasteiger charge is -2.35. The summed E-state index contributed by atoms with van der Waals surface area (Å²) in [7, 11) is 0. The van der Waals surface area contributed by atoms with Gasteiger partial charge < -0.3 is 14.5 Å². The van der Waals surface area contributed by atoms with Gasteiger partial charge in [0.15, 0.2) is 5.78 Å². The van der Waals surface area contributed by atoms with Crippen molar-refractivity contribution in [3.63, 3.8) is 0 Å². The number of Topliss-reactive ketones (excluding diaryl/α,β-unsaturated/α-hetero) is 1. The molecule has 0 saturated carbocycles. The van der Waals surface area contributed by atoms with Gasteiger partial charge in [0.1, 0.15) is 5.75 Å². The van der Waals surface area contributed by atoms with Crippen LogP contribution in [-0.4, -0.2) is 54.1 Å². The third-order valence-electron chi connectivity index (χ3n) is 5.20. The number of nitrogens with zero attached hydrogens (tertiary/aromatic N) is 3. The molecule has 0 N–H and O–H groups in total. The van der Waals surface area contributed by atoms with E-state index in [1.54, 1.807) is 29.3 Å². The molecule has 31 heavy (non-hydrogen) atoms. The largest absolute Gasteiger partial charge is 0.471 e. The number of aromatic nitrogens is 1. The summed E-state index contributed by atoms with van der Waals surface area (Å²) >= 11 is 0. The molecular formula is C24H25N3O4. The number of piperazine rings is 1. The Balaban J connectivity index is 1.40. The van der Waals surface area contributed by atoms with Crippen molar-refractivity contribution in [1.82, 2.24) is 10.0 Å². The summed E-state index contributed by atoms with van der Waals surface area (Å²) in [5.74, 6) is -0.648. The van der Waals surface area contributed by atoms with E-state index in [0.717, 1.165) is 22.3 Å². The highest BCUT2D eigenvalue weighted by molar-refractivity contribution is 6.01. The van der Waals surface area contributed by atoms with Crippen LogP contribution >= 0.6 is 0 Å². The van der Waals surface area contributed by atoms with Crippen molar-refractivity contribution >= 4 is 28.3 Å². The highest BCUT2D eigenvalue weighted by atomic mass is 16.7. The summed E-state index contributed by atoms with van der Waals surface area (Å²) in [4.78, 5) is 36.9. The lowest BCUT2D eigenvalue weighted by molar-refractivity contribution is -0.199. The number of ketones is 1. The van der Waals surface area contributed by atoms with Crippen LogP contribution < -0.4 is 9.64 Å². The van der Waals surface area contributed by atoms with Crippen molar-refractivity contribution in [1.29, 1.82) is 0 Å². The van der Waals surface area contributed by atoms with Crippen LogP contribution in [-0.2, 0) is 14.4 Å². The number of carbonyl (C=O) groups is 2. The van der Waals surface area contributed by atoms with Crippen molar-refractivity contribution in [3.8, 4) is 5.75 Å². The SMILES string of the molecule is CC(=O)C(Oc1ccccc1)C(=O)ON1CCN(c2cc(C)nc3ccccc23)CC1. The van der Waals surface area contributed by atoms with Crippen LogP contribution in [0.1, 0.15) is 12.6 Å². The zero-order chi connectivity index (χ0) is 21.8. The maximum absolute atomic E-state index is 12.6. The topological polar surface area (TPSA) is 72.0 Å². The maximum Gasteiger partial charge on any atom is 0.374 e. The van der Waals surface area contributed by atoms with Gasteiger partial charge in [0.25, 0.3) is 6.10 Å². The van der Waals surface area contributed by atoms with E-state index in [1.807, 2.05) is 31.2 Å². The molecule has 0 amide bonds. The molecule has 0 radical (unpaired) electrons. The predicted molar refractivity (Wildman–Crippen MR) is 118 cm³/mol. The fraction of sp³-hybridized carbons (Fsp3) is 0.292. The van der Waals surface area contributed by atoms with Crippen molar-refractivity contribution in [3.05, 3.63) is 66.4 Å². The molecule has 7 nitrogen and oxygen atoms in total. The van der Waals surface area contributed by atoms with Crippen molar-refractivity contribution in [2.75, 3.05) is 31.1 Å². The average Bonchev–Trinajstić information content (AvgIpc) is 2.78. The molecule has 0 bridgehead atoms. The molecule has 0 aliphatic carbocycles. The van der Waals surface area contributed by atoms with Crippen LogP contribution in [0.3, 0.4) is 0 Å². The molecule has 0 spiro atoms. The first-order valence-corrected chi connectivity index (χ1v) is 10.3. The number of rotatable bonds is 6.